The second kappa shape index (κ2) is 5.71. The molecule has 2 N–H and O–H groups in total. The number of urea groups is 1. The summed E-state index contributed by atoms with van der Waals surface area (Å²) in [5.74, 6) is 1.31. The molecule has 7 nitrogen and oxygen atoms in total. The van der Waals surface area contributed by atoms with E-state index in [1.54, 1.807) is 29.4 Å². The molecule has 0 aliphatic carbocycles. The number of imidazole rings is 1. The zero-order valence-electron chi connectivity index (χ0n) is 11.1. The molecule has 0 aliphatic rings. The van der Waals surface area contributed by atoms with E-state index in [-0.39, 0.29) is 6.03 Å². The molecule has 0 spiro atoms. The number of nitrogens with zero attached hydrogens (tertiary/aromatic N) is 4. The predicted octanol–water partition coefficient (Wildman–Crippen LogP) is 2.68. The Kier molecular flexibility index (Phi) is 3.61. The largest absolute Gasteiger partial charge is 0.324 e. The van der Waals surface area contributed by atoms with Gasteiger partial charge >= 0.3 is 6.03 Å². The van der Waals surface area contributed by atoms with Crippen molar-refractivity contribution in [3.8, 4) is 5.95 Å². The number of carbonyl (C=O) groups is 1. The first kappa shape index (κ1) is 13.3. The van der Waals surface area contributed by atoms with Crippen LogP contribution in [-0.4, -0.2) is 25.6 Å². The molecule has 8 heteroatoms. The number of hydrogen-bond acceptors (Lipinski definition) is 5. The topological polar surface area (TPSA) is 84.7 Å². The fourth-order valence-electron chi connectivity index (χ4n) is 1.72. The number of aromatic nitrogens is 4. The molecule has 0 unspecified atom stereocenters. The van der Waals surface area contributed by atoms with Crippen LogP contribution >= 0.6 is 11.3 Å². The molecule has 0 saturated carbocycles. The summed E-state index contributed by atoms with van der Waals surface area (Å²) in [6, 6.07) is 3.37. The Morgan fingerprint density at radius 3 is 2.67 bits per heavy atom. The van der Waals surface area contributed by atoms with Crippen molar-refractivity contribution in [2.24, 2.45) is 0 Å². The van der Waals surface area contributed by atoms with Crippen LogP contribution in [0.25, 0.3) is 5.95 Å². The maximum Gasteiger partial charge on any atom is 0.324 e. The van der Waals surface area contributed by atoms with Gasteiger partial charge in [-0.3, -0.25) is 9.88 Å². The Hall–Kier alpha value is -2.74. The number of hydrogen-bond donors (Lipinski definition) is 2. The lowest BCUT2D eigenvalue weighted by Gasteiger charge is -2.06. The molecule has 0 saturated heterocycles. The summed E-state index contributed by atoms with van der Waals surface area (Å²) < 4.78 is 1.76. The maximum atomic E-state index is 11.8. The van der Waals surface area contributed by atoms with Gasteiger partial charge < -0.3 is 5.32 Å². The minimum Gasteiger partial charge on any atom is -0.305 e. The lowest BCUT2D eigenvalue weighted by atomic mass is 10.5. The summed E-state index contributed by atoms with van der Waals surface area (Å²) in [5, 5.41) is 8.06. The van der Waals surface area contributed by atoms with Crippen molar-refractivity contribution in [1.29, 1.82) is 0 Å². The summed E-state index contributed by atoms with van der Waals surface area (Å²) in [6.07, 6.45) is 6.56. The van der Waals surface area contributed by atoms with Crippen LogP contribution < -0.4 is 10.6 Å². The summed E-state index contributed by atoms with van der Waals surface area (Å²) in [5.41, 5.74) is 0.519. The van der Waals surface area contributed by atoms with Crippen molar-refractivity contribution in [2.75, 3.05) is 10.6 Å². The maximum absolute atomic E-state index is 11.8. The van der Waals surface area contributed by atoms with E-state index in [1.165, 1.54) is 11.3 Å². The second-order valence-electron chi connectivity index (χ2n) is 4.17. The Labute approximate surface area is 124 Å². The molecule has 0 radical (unpaired) electrons. The van der Waals surface area contributed by atoms with Crippen molar-refractivity contribution in [3.63, 3.8) is 0 Å². The second-order valence-corrected chi connectivity index (χ2v) is 5.12. The van der Waals surface area contributed by atoms with Crippen LogP contribution in [0, 0.1) is 6.92 Å². The molecular weight excluding hydrogens is 288 g/mol. The standard InChI is InChI=1S/C13H12N6OS/c1-9-14-4-5-19(9)12-15-7-10(8-16-12)17-13(20)18-11-3-2-6-21-11/h2-8H,1H3,(H2,17,18,20). The van der Waals surface area contributed by atoms with Crippen LogP contribution in [0.4, 0.5) is 15.5 Å². The highest BCUT2D eigenvalue weighted by atomic mass is 32.1. The minimum atomic E-state index is -0.326. The van der Waals surface area contributed by atoms with Crippen molar-refractivity contribution in [1.82, 2.24) is 19.5 Å². The number of anilines is 2. The van der Waals surface area contributed by atoms with Gasteiger partial charge in [-0.15, -0.1) is 11.3 Å². The molecule has 3 aromatic rings. The van der Waals surface area contributed by atoms with Crippen LogP contribution in [0.2, 0.25) is 0 Å². The van der Waals surface area contributed by atoms with E-state index in [4.69, 9.17) is 0 Å². The van der Waals surface area contributed by atoms with Gasteiger partial charge in [0.2, 0.25) is 5.95 Å². The van der Waals surface area contributed by atoms with E-state index in [9.17, 15) is 4.79 Å². The zero-order chi connectivity index (χ0) is 14.7. The molecule has 0 bridgehead atoms. The first-order valence-electron chi connectivity index (χ1n) is 6.16. The third-order valence-electron chi connectivity index (χ3n) is 2.70. The lowest BCUT2D eigenvalue weighted by Crippen LogP contribution is -2.19. The average molecular weight is 300 g/mol. The molecule has 21 heavy (non-hydrogen) atoms. The molecule has 3 heterocycles. The quantitative estimate of drug-likeness (QED) is 0.778. The predicted molar refractivity (Wildman–Crippen MR) is 80.9 cm³/mol. The van der Waals surface area contributed by atoms with Crippen molar-refractivity contribution in [2.45, 2.75) is 6.92 Å². The Morgan fingerprint density at radius 1 is 1.24 bits per heavy atom. The number of amides is 2. The third kappa shape index (κ3) is 3.06. The van der Waals surface area contributed by atoms with Crippen LogP contribution in [0.5, 0.6) is 0 Å². The third-order valence-corrected chi connectivity index (χ3v) is 3.48. The van der Waals surface area contributed by atoms with Crippen molar-refractivity contribution in [3.05, 3.63) is 48.1 Å². The Balaban J connectivity index is 1.67. The summed E-state index contributed by atoms with van der Waals surface area (Å²) in [6.45, 7) is 1.87. The van der Waals surface area contributed by atoms with Crippen LogP contribution in [0.1, 0.15) is 5.82 Å². The van der Waals surface area contributed by atoms with Crippen LogP contribution in [0.15, 0.2) is 42.3 Å². The van der Waals surface area contributed by atoms with Gasteiger partial charge in [0.05, 0.1) is 23.1 Å². The van der Waals surface area contributed by atoms with E-state index in [0.717, 1.165) is 10.8 Å². The van der Waals surface area contributed by atoms with E-state index in [2.05, 4.69) is 25.6 Å². The zero-order valence-corrected chi connectivity index (χ0v) is 12.0. The molecule has 106 valence electrons. The van der Waals surface area contributed by atoms with Gasteiger partial charge in [0.1, 0.15) is 5.82 Å². The highest BCUT2D eigenvalue weighted by Crippen LogP contribution is 2.15. The molecule has 2 amide bonds. The van der Waals surface area contributed by atoms with Gasteiger partial charge in [0.15, 0.2) is 0 Å². The average Bonchev–Trinajstić information content (AvgIpc) is 3.11. The van der Waals surface area contributed by atoms with Crippen LogP contribution in [-0.2, 0) is 0 Å². The number of rotatable bonds is 3. The highest BCUT2D eigenvalue weighted by molar-refractivity contribution is 7.14. The fourth-order valence-corrected chi connectivity index (χ4v) is 2.34. The van der Waals surface area contributed by atoms with E-state index in [0.29, 0.717) is 11.6 Å². The van der Waals surface area contributed by atoms with Gasteiger partial charge in [-0.25, -0.2) is 19.7 Å². The van der Waals surface area contributed by atoms with Gasteiger partial charge in [-0.05, 0) is 24.4 Å². The lowest BCUT2D eigenvalue weighted by molar-refractivity contribution is 0.262. The molecule has 3 aromatic heterocycles. The van der Waals surface area contributed by atoms with Crippen molar-refractivity contribution >= 4 is 28.1 Å². The smallest absolute Gasteiger partial charge is 0.305 e. The van der Waals surface area contributed by atoms with Crippen molar-refractivity contribution < 1.29 is 4.79 Å². The Bertz CT molecular complexity index is 734. The molecule has 0 aliphatic heterocycles. The minimum absolute atomic E-state index is 0.326. The summed E-state index contributed by atoms with van der Waals surface area (Å²) >= 11 is 1.45. The number of thiophene rings is 1. The first-order valence-corrected chi connectivity index (χ1v) is 7.04. The molecule has 0 atom stereocenters. The summed E-state index contributed by atoms with van der Waals surface area (Å²) in [7, 11) is 0. The monoisotopic (exact) mass is 300 g/mol. The van der Waals surface area contributed by atoms with E-state index >= 15 is 0 Å². The molecule has 3 rings (SSSR count). The Morgan fingerprint density at radius 2 is 2.05 bits per heavy atom. The normalized spacial score (nSPS) is 10.3. The summed E-state index contributed by atoms with van der Waals surface area (Å²) in [4.78, 5) is 24.3. The van der Waals surface area contributed by atoms with Gasteiger partial charge in [-0.2, -0.15) is 0 Å². The SMILES string of the molecule is Cc1nccn1-c1ncc(NC(=O)Nc2cccs2)cn1. The van der Waals surface area contributed by atoms with Gasteiger partial charge in [-0.1, -0.05) is 0 Å². The molecular formula is C13H12N6OS. The molecule has 0 fully saturated rings. The number of nitrogens with one attached hydrogen (secondary N) is 2. The fraction of sp³-hybridized carbons (Fsp3) is 0.0769. The first-order chi connectivity index (χ1) is 10.2. The number of carbonyl (C=O) groups excluding carboxylic acids is 1. The number of aryl methyl sites for hydroxylation is 1. The van der Waals surface area contributed by atoms with E-state index < -0.39 is 0 Å². The van der Waals surface area contributed by atoms with E-state index in [1.807, 2.05) is 24.4 Å². The van der Waals surface area contributed by atoms with Crippen LogP contribution in [0.3, 0.4) is 0 Å². The highest BCUT2D eigenvalue weighted by Gasteiger charge is 2.06. The van der Waals surface area contributed by atoms with Gasteiger partial charge in [0, 0.05) is 12.4 Å². The van der Waals surface area contributed by atoms with Gasteiger partial charge in [0.25, 0.3) is 0 Å². The molecule has 0 aromatic carbocycles.